The molecule has 3 amide bonds. The van der Waals surface area contributed by atoms with Gasteiger partial charge in [-0.25, -0.2) is 15.1 Å². The molecule has 1 aromatic rings. The van der Waals surface area contributed by atoms with Crippen LogP contribution in [-0.2, 0) is 14.4 Å². The Morgan fingerprint density at radius 2 is 1.96 bits per heavy atom. The van der Waals surface area contributed by atoms with Gasteiger partial charge in [0, 0.05) is 31.7 Å². The Labute approximate surface area is 148 Å². The largest absolute Gasteiger partial charge is 0.350 e. The van der Waals surface area contributed by atoms with Gasteiger partial charge in [-0.1, -0.05) is 24.6 Å². The molecule has 0 saturated carbocycles. The first kappa shape index (κ1) is 19.2. The van der Waals surface area contributed by atoms with Gasteiger partial charge < -0.3 is 15.4 Å². The quantitative estimate of drug-likeness (QED) is 0.472. The highest BCUT2D eigenvalue weighted by Gasteiger charge is 2.15. The number of hydroxylamine groups is 1. The molecule has 1 aliphatic heterocycles. The van der Waals surface area contributed by atoms with Crippen molar-refractivity contribution in [1.82, 2.24) is 10.8 Å². The van der Waals surface area contributed by atoms with Crippen LogP contribution in [0.5, 0.6) is 0 Å². The van der Waals surface area contributed by atoms with Gasteiger partial charge in [-0.15, -0.1) is 0 Å². The summed E-state index contributed by atoms with van der Waals surface area (Å²) in [5.41, 5.74) is 3.16. The minimum Gasteiger partial charge on any atom is -0.350 e. The maximum atomic E-state index is 11.8. The lowest BCUT2D eigenvalue weighted by Crippen LogP contribution is -2.39. The number of amides is 3. The van der Waals surface area contributed by atoms with Gasteiger partial charge in [-0.05, 0) is 37.8 Å². The second-order valence-electron chi connectivity index (χ2n) is 6.00. The highest BCUT2D eigenvalue weighted by atomic mass is 16.8. The Morgan fingerprint density at radius 3 is 2.72 bits per heavy atom. The van der Waals surface area contributed by atoms with Crippen LogP contribution in [0.3, 0.4) is 0 Å². The molecule has 1 saturated heterocycles. The lowest BCUT2D eigenvalue weighted by Gasteiger charge is -2.22. The molecule has 0 bridgehead atoms. The molecule has 1 heterocycles. The highest BCUT2D eigenvalue weighted by Crippen LogP contribution is 2.12. The number of ether oxygens (including phenoxy) is 1. The molecular formula is C18H27N3O4. The maximum absolute atomic E-state index is 11.8. The molecule has 138 valence electrons. The van der Waals surface area contributed by atoms with Crippen molar-refractivity contribution in [3.05, 3.63) is 30.3 Å². The summed E-state index contributed by atoms with van der Waals surface area (Å²) < 4.78 is 5.35. The van der Waals surface area contributed by atoms with E-state index in [9.17, 15) is 9.59 Å². The van der Waals surface area contributed by atoms with E-state index in [1.165, 1.54) is 0 Å². The number of benzene rings is 1. The minimum atomic E-state index is -0.365. The van der Waals surface area contributed by atoms with Crippen LogP contribution >= 0.6 is 0 Å². The Bertz CT molecular complexity index is 518. The molecule has 25 heavy (non-hydrogen) atoms. The average Bonchev–Trinajstić information content (AvgIpc) is 2.64. The number of unbranched alkanes of at least 4 members (excludes halogenated alkanes) is 2. The molecule has 7 heteroatoms. The van der Waals surface area contributed by atoms with Gasteiger partial charge in [0.15, 0.2) is 6.29 Å². The molecule has 0 aromatic heterocycles. The number of carbonyl (C=O) groups excluding carboxylic acids is 2. The molecule has 2 rings (SSSR count). The number of hydrogen-bond acceptors (Lipinski definition) is 4. The van der Waals surface area contributed by atoms with Crippen LogP contribution < -0.4 is 16.1 Å². The van der Waals surface area contributed by atoms with Crippen LogP contribution in [0.1, 0.15) is 44.9 Å². The normalized spacial score (nSPS) is 16.9. The first-order chi connectivity index (χ1) is 12.2. The maximum Gasteiger partial charge on any atom is 0.338 e. The fourth-order valence-corrected chi connectivity index (χ4v) is 2.49. The van der Waals surface area contributed by atoms with Gasteiger partial charge >= 0.3 is 6.03 Å². The van der Waals surface area contributed by atoms with Crippen LogP contribution in [0.15, 0.2) is 30.3 Å². The third-order valence-electron chi connectivity index (χ3n) is 3.84. The van der Waals surface area contributed by atoms with Crippen molar-refractivity contribution in [2.45, 2.75) is 51.2 Å². The van der Waals surface area contributed by atoms with Crippen molar-refractivity contribution in [2.75, 3.05) is 18.5 Å². The number of anilines is 1. The third-order valence-corrected chi connectivity index (χ3v) is 3.84. The number of carbonyl (C=O) groups is 2. The lowest BCUT2D eigenvalue weighted by atomic mass is 10.2. The summed E-state index contributed by atoms with van der Waals surface area (Å²) in [6.07, 6.45) is 5.48. The molecule has 0 radical (unpaired) electrons. The monoisotopic (exact) mass is 349 g/mol. The zero-order valence-corrected chi connectivity index (χ0v) is 14.5. The van der Waals surface area contributed by atoms with Gasteiger partial charge in [0.2, 0.25) is 5.91 Å². The van der Waals surface area contributed by atoms with E-state index in [1.807, 2.05) is 30.3 Å². The zero-order chi connectivity index (χ0) is 17.7. The average molecular weight is 349 g/mol. The van der Waals surface area contributed by atoms with Crippen LogP contribution in [0.25, 0.3) is 0 Å². The van der Waals surface area contributed by atoms with Crippen molar-refractivity contribution < 1.29 is 19.2 Å². The number of hydrogen-bond donors (Lipinski definition) is 3. The predicted octanol–water partition coefficient (Wildman–Crippen LogP) is 2.94. The molecule has 3 N–H and O–H groups in total. The van der Waals surface area contributed by atoms with Gasteiger partial charge in [0.25, 0.3) is 0 Å². The van der Waals surface area contributed by atoms with E-state index < -0.39 is 0 Å². The molecule has 0 spiro atoms. The molecule has 1 aliphatic rings. The molecule has 1 atom stereocenters. The minimum absolute atomic E-state index is 0.0118. The van der Waals surface area contributed by atoms with E-state index in [1.54, 1.807) is 0 Å². The fourth-order valence-electron chi connectivity index (χ4n) is 2.49. The lowest BCUT2D eigenvalue weighted by molar-refractivity contribution is -0.186. The molecule has 1 aromatic carbocycles. The van der Waals surface area contributed by atoms with E-state index in [0.717, 1.165) is 44.2 Å². The van der Waals surface area contributed by atoms with E-state index in [4.69, 9.17) is 9.57 Å². The summed E-state index contributed by atoms with van der Waals surface area (Å²) in [7, 11) is 0. The standard InChI is InChI=1S/C18H27N3O4/c22-16(20-15-9-3-1-4-10-15)11-5-2-7-13-19-18(23)21-25-17-12-6-8-14-24-17/h1,3-4,9-10,17H,2,5-8,11-14H2,(H,20,22)(H2,19,21,23). The van der Waals surface area contributed by atoms with E-state index in [-0.39, 0.29) is 18.2 Å². The van der Waals surface area contributed by atoms with E-state index in [2.05, 4.69) is 16.1 Å². The Balaban J connectivity index is 1.43. The van der Waals surface area contributed by atoms with E-state index >= 15 is 0 Å². The third kappa shape index (κ3) is 8.51. The topological polar surface area (TPSA) is 88.7 Å². The van der Waals surface area contributed by atoms with Crippen LogP contribution in [0.4, 0.5) is 10.5 Å². The zero-order valence-electron chi connectivity index (χ0n) is 14.5. The highest BCUT2D eigenvalue weighted by molar-refractivity contribution is 5.90. The predicted molar refractivity (Wildman–Crippen MR) is 94.8 cm³/mol. The van der Waals surface area contributed by atoms with Crippen molar-refractivity contribution in [3.8, 4) is 0 Å². The summed E-state index contributed by atoms with van der Waals surface area (Å²) in [6.45, 7) is 1.22. The second-order valence-corrected chi connectivity index (χ2v) is 6.00. The van der Waals surface area contributed by atoms with Crippen molar-refractivity contribution in [2.24, 2.45) is 0 Å². The first-order valence-corrected chi connectivity index (χ1v) is 8.90. The summed E-state index contributed by atoms with van der Waals surface area (Å²) in [6, 6.07) is 9.04. The number of nitrogens with one attached hydrogen (secondary N) is 3. The number of rotatable bonds is 9. The SMILES string of the molecule is O=C(CCCCCNC(=O)NOC1CCCCO1)Nc1ccccc1. The Kier molecular flexibility index (Phi) is 8.79. The molecule has 0 aliphatic carbocycles. The molecule has 1 fully saturated rings. The van der Waals surface area contributed by atoms with E-state index in [0.29, 0.717) is 19.6 Å². The number of para-hydroxylation sites is 1. The van der Waals surface area contributed by atoms with Crippen molar-refractivity contribution in [3.63, 3.8) is 0 Å². The fraction of sp³-hybridized carbons (Fsp3) is 0.556. The molecule has 7 nitrogen and oxygen atoms in total. The summed E-state index contributed by atoms with van der Waals surface area (Å²) >= 11 is 0. The second kappa shape index (κ2) is 11.4. The van der Waals surface area contributed by atoms with Crippen molar-refractivity contribution in [1.29, 1.82) is 0 Å². The van der Waals surface area contributed by atoms with Gasteiger partial charge in [0.1, 0.15) is 0 Å². The van der Waals surface area contributed by atoms with Gasteiger partial charge in [-0.3, -0.25) is 4.79 Å². The van der Waals surface area contributed by atoms with Crippen LogP contribution in [0.2, 0.25) is 0 Å². The van der Waals surface area contributed by atoms with Crippen LogP contribution in [0, 0.1) is 0 Å². The summed E-state index contributed by atoms with van der Waals surface area (Å²) in [5, 5.41) is 5.57. The van der Waals surface area contributed by atoms with Crippen LogP contribution in [-0.4, -0.2) is 31.4 Å². The first-order valence-electron chi connectivity index (χ1n) is 8.90. The summed E-state index contributed by atoms with van der Waals surface area (Å²) in [5.74, 6) is 0.0118. The Morgan fingerprint density at radius 1 is 1.12 bits per heavy atom. The van der Waals surface area contributed by atoms with Gasteiger partial charge in [-0.2, -0.15) is 0 Å². The number of urea groups is 1. The van der Waals surface area contributed by atoms with Gasteiger partial charge in [0.05, 0.1) is 0 Å². The summed E-state index contributed by atoms with van der Waals surface area (Å²) in [4.78, 5) is 28.5. The molecule has 1 unspecified atom stereocenters. The Hall–Kier alpha value is -2.12. The molecular weight excluding hydrogens is 322 g/mol. The smallest absolute Gasteiger partial charge is 0.338 e. The van der Waals surface area contributed by atoms with Crippen molar-refractivity contribution >= 4 is 17.6 Å².